The van der Waals surface area contributed by atoms with Crippen molar-refractivity contribution in [1.82, 2.24) is 9.55 Å². The predicted octanol–water partition coefficient (Wildman–Crippen LogP) is 4.98. The number of hydrogen-bond donors (Lipinski definition) is 1. The lowest BCUT2D eigenvalue weighted by Crippen LogP contribution is -2.36. The first kappa shape index (κ1) is 21.2. The summed E-state index contributed by atoms with van der Waals surface area (Å²) >= 11 is 1.42. The Labute approximate surface area is 196 Å². The zero-order chi connectivity index (χ0) is 22.6. The van der Waals surface area contributed by atoms with E-state index < -0.39 is 0 Å². The van der Waals surface area contributed by atoms with Gasteiger partial charge in [0.1, 0.15) is 10.2 Å². The van der Waals surface area contributed by atoms with Crippen LogP contribution in [0.25, 0.3) is 10.2 Å². The van der Waals surface area contributed by atoms with Gasteiger partial charge in [-0.05, 0) is 36.5 Å². The number of nitrogens with one attached hydrogen (secondary N) is 1. The van der Waals surface area contributed by atoms with Crippen molar-refractivity contribution in [3.05, 3.63) is 87.0 Å². The molecule has 2 aromatic heterocycles. The molecule has 0 radical (unpaired) electrons. The topological polar surface area (TPSA) is 74.0 Å². The molecule has 0 amide bonds. The van der Waals surface area contributed by atoms with Crippen LogP contribution < -0.4 is 15.8 Å². The molecular weight excluding hydrogens is 430 g/mol. The molecule has 2 aromatic carbocycles. The lowest BCUT2D eigenvalue weighted by atomic mass is 10.1. The van der Waals surface area contributed by atoms with Gasteiger partial charge in [-0.15, -0.1) is 11.3 Å². The number of thiophene rings is 1. The minimum atomic E-state index is -0.0499. The fourth-order valence-electron chi connectivity index (χ4n) is 4.32. The Morgan fingerprint density at radius 1 is 1.03 bits per heavy atom. The van der Waals surface area contributed by atoms with E-state index in [-0.39, 0.29) is 5.56 Å². The molecule has 166 valence electrons. The van der Waals surface area contributed by atoms with Gasteiger partial charge in [-0.2, -0.15) is 5.26 Å². The highest BCUT2D eigenvalue weighted by Gasteiger charge is 2.22. The summed E-state index contributed by atoms with van der Waals surface area (Å²) in [5.41, 5.74) is 4.16. The van der Waals surface area contributed by atoms with E-state index in [1.54, 1.807) is 10.6 Å². The van der Waals surface area contributed by atoms with Gasteiger partial charge in [-0.3, -0.25) is 9.36 Å². The maximum absolute atomic E-state index is 13.7. The molecular formula is C26H25N5OS. The first-order chi connectivity index (χ1) is 16.2. The van der Waals surface area contributed by atoms with E-state index in [9.17, 15) is 10.1 Å². The maximum Gasteiger partial charge on any atom is 0.273 e. The molecule has 33 heavy (non-hydrogen) atoms. The maximum atomic E-state index is 13.7. The van der Waals surface area contributed by atoms with E-state index in [2.05, 4.69) is 28.4 Å². The molecule has 0 saturated carbocycles. The average Bonchev–Trinajstić information content (AvgIpc) is 3.29. The van der Waals surface area contributed by atoms with Gasteiger partial charge in [0.25, 0.3) is 5.56 Å². The Kier molecular flexibility index (Phi) is 6.09. The molecule has 0 unspecified atom stereocenters. The van der Waals surface area contributed by atoms with Gasteiger partial charge >= 0.3 is 0 Å². The largest absolute Gasteiger partial charge is 0.379 e. The smallest absolute Gasteiger partial charge is 0.273 e. The van der Waals surface area contributed by atoms with Gasteiger partial charge in [0.15, 0.2) is 0 Å². The van der Waals surface area contributed by atoms with Gasteiger partial charge in [0.05, 0.1) is 23.9 Å². The van der Waals surface area contributed by atoms with Crippen molar-refractivity contribution in [3.63, 3.8) is 0 Å². The van der Waals surface area contributed by atoms with Crippen LogP contribution in [0.4, 0.5) is 11.6 Å². The molecule has 1 fully saturated rings. The number of nitriles is 1. The van der Waals surface area contributed by atoms with Crippen molar-refractivity contribution >= 4 is 33.2 Å². The van der Waals surface area contributed by atoms with Gasteiger partial charge in [0.2, 0.25) is 5.95 Å². The second-order valence-corrected chi connectivity index (χ2v) is 9.17. The summed E-state index contributed by atoms with van der Waals surface area (Å²) in [6.07, 6.45) is 3.37. The summed E-state index contributed by atoms with van der Waals surface area (Å²) in [4.78, 5) is 20.9. The first-order valence-electron chi connectivity index (χ1n) is 11.3. The first-order valence-corrected chi connectivity index (χ1v) is 12.2. The number of benzene rings is 2. The van der Waals surface area contributed by atoms with E-state index in [1.807, 2.05) is 41.8 Å². The third-order valence-corrected chi connectivity index (χ3v) is 7.05. The minimum absolute atomic E-state index is 0.0499. The van der Waals surface area contributed by atoms with Gasteiger partial charge < -0.3 is 10.2 Å². The van der Waals surface area contributed by atoms with Crippen molar-refractivity contribution in [1.29, 1.82) is 5.26 Å². The number of fused-ring (bicyclic) bond motifs is 1. The average molecular weight is 456 g/mol. The fourth-order valence-corrected chi connectivity index (χ4v) is 5.23. The second kappa shape index (κ2) is 9.47. The molecule has 0 spiro atoms. The molecule has 3 heterocycles. The fraction of sp³-hybridized carbons (Fsp3) is 0.269. The molecule has 4 aromatic rings. The number of aromatic nitrogens is 2. The van der Waals surface area contributed by atoms with Crippen molar-refractivity contribution in [3.8, 4) is 6.07 Å². The van der Waals surface area contributed by atoms with Gasteiger partial charge in [-0.25, -0.2) is 4.98 Å². The number of nitrogens with zero attached hydrogens (tertiary/aromatic N) is 4. The van der Waals surface area contributed by atoms with E-state index >= 15 is 0 Å². The van der Waals surface area contributed by atoms with Crippen LogP contribution in [0.2, 0.25) is 0 Å². The van der Waals surface area contributed by atoms with E-state index in [1.165, 1.54) is 23.3 Å². The SMILES string of the molecule is N#Cc1ccccc1Cn1c(N2CCCCC2)nc2c(NCc3ccccc3)csc2c1=O. The second-order valence-electron chi connectivity index (χ2n) is 8.29. The Hall–Kier alpha value is -3.63. The van der Waals surface area contributed by atoms with E-state index in [0.29, 0.717) is 29.3 Å². The van der Waals surface area contributed by atoms with Crippen molar-refractivity contribution < 1.29 is 0 Å². The molecule has 1 aliphatic rings. The molecule has 1 N–H and O–H groups in total. The van der Waals surface area contributed by atoms with Crippen molar-refractivity contribution in [2.75, 3.05) is 23.3 Å². The third-order valence-electron chi connectivity index (χ3n) is 6.09. The van der Waals surface area contributed by atoms with Crippen LogP contribution in [0, 0.1) is 11.3 Å². The Morgan fingerprint density at radius 2 is 1.79 bits per heavy atom. The predicted molar refractivity (Wildman–Crippen MR) is 134 cm³/mol. The number of piperidine rings is 1. The molecule has 1 aliphatic heterocycles. The minimum Gasteiger partial charge on any atom is -0.379 e. The quantitative estimate of drug-likeness (QED) is 0.444. The van der Waals surface area contributed by atoms with Crippen LogP contribution in [0.5, 0.6) is 0 Å². The number of hydrogen-bond acceptors (Lipinski definition) is 6. The van der Waals surface area contributed by atoms with E-state index in [4.69, 9.17) is 4.98 Å². The Bertz CT molecular complexity index is 1360. The molecule has 6 nitrogen and oxygen atoms in total. The van der Waals surface area contributed by atoms with E-state index in [0.717, 1.165) is 42.7 Å². The molecule has 7 heteroatoms. The summed E-state index contributed by atoms with van der Waals surface area (Å²) in [5.74, 6) is 0.695. The molecule has 0 atom stereocenters. The van der Waals surface area contributed by atoms with Crippen molar-refractivity contribution in [2.45, 2.75) is 32.4 Å². The normalized spacial score (nSPS) is 13.7. The van der Waals surface area contributed by atoms with Crippen LogP contribution in [0.1, 0.15) is 36.0 Å². The van der Waals surface area contributed by atoms with Gasteiger partial charge in [0, 0.05) is 25.0 Å². The van der Waals surface area contributed by atoms with Gasteiger partial charge in [-0.1, -0.05) is 48.5 Å². The summed E-state index contributed by atoms with van der Waals surface area (Å²) in [5, 5.41) is 15.0. The number of anilines is 2. The zero-order valence-corrected chi connectivity index (χ0v) is 19.1. The zero-order valence-electron chi connectivity index (χ0n) is 18.3. The Balaban J connectivity index is 1.58. The lowest BCUT2D eigenvalue weighted by molar-refractivity contribution is 0.553. The lowest BCUT2D eigenvalue weighted by Gasteiger charge is -2.29. The highest BCUT2D eigenvalue weighted by atomic mass is 32.1. The monoisotopic (exact) mass is 455 g/mol. The Morgan fingerprint density at radius 3 is 2.58 bits per heavy atom. The summed E-state index contributed by atoms with van der Waals surface area (Å²) in [6, 6.07) is 19.9. The summed E-state index contributed by atoms with van der Waals surface area (Å²) in [6.45, 7) is 2.78. The van der Waals surface area contributed by atoms with Crippen LogP contribution >= 0.6 is 11.3 Å². The van der Waals surface area contributed by atoms with Crippen LogP contribution in [0.3, 0.4) is 0 Å². The standard InChI is InChI=1S/C26H25N5OS/c27-15-20-11-5-6-12-21(20)17-31-25(32)24-23(29-26(31)30-13-7-2-8-14-30)22(18-33-24)28-16-19-9-3-1-4-10-19/h1,3-6,9-12,18,28H,2,7-8,13-14,16-17H2. The highest BCUT2D eigenvalue weighted by Crippen LogP contribution is 2.30. The van der Waals surface area contributed by atoms with Crippen molar-refractivity contribution in [2.24, 2.45) is 0 Å². The van der Waals surface area contributed by atoms with Crippen LogP contribution in [-0.2, 0) is 13.1 Å². The third kappa shape index (κ3) is 4.35. The van der Waals surface area contributed by atoms with Crippen LogP contribution in [-0.4, -0.2) is 22.6 Å². The summed E-state index contributed by atoms with van der Waals surface area (Å²) < 4.78 is 2.39. The molecule has 0 aliphatic carbocycles. The molecule has 1 saturated heterocycles. The summed E-state index contributed by atoms with van der Waals surface area (Å²) in [7, 11) is 0. The number of rotatable bonds is 6. The molecule has 0 bridgehead atoms. The highest BCUT2D eigenvalue weighted by molar-refractivity contribution is 7.17. The van der Waals surface area contributed by atoms with Crippen LogP contribution in [0.15, 0.2) is 64.8 Å². The molecule has 5 rings (SSSR count).